The standard InChI is InChI=1S/C14H12ClN3O2S/c1-9-2-4-12(15)13(6-9)18-21(19,20)14-5-3-11(17)7-10(14)8-16/h2-7,18H,17H2,1H3. The summed E-state index contributed by atoms with van der Waals surface area (Å²) in [7, 11) is -3.92. The fourth-order valence-corrected chi connectivity index (χ4v) is 3.22. The van der Waals surface area contributed by atoms with Gasteiger partial charge < -0.3 is 5.73 Å². The number of hydrogen-bond acceptors (Lipinski definition) is 4. The van der Waals surface area contributed by atoms with Crippen LogP contribution in [0.25, 0.3) is 0 Å². The Morgan fingerprint density at radius 1 is 1.24 bits per heavy atom. The summed E-state index contributed by atoms with van der Waals surface area (Å²) >= 11 is 5.98. The predicted molar refractivity (Wildman–Crippen MR) is 82.6 cm³/mol. The van der Waals surface area contributed by atoms with E-state index in [1.165, 1.54) is 18.2 Å². The zero-order chi connectivity index (χ0) is 15.6. The minimum absolute atomic E-state index is 0.0220. The Hall–Kier alpha value is -2.23. The summed E-state index contributed by atoms with van der Waals surface area (Å²) in [6, 6.07) is 10.8. The quantitative estimate of drug-likeness (QED) is 0.849. The normalized spacial score (nSPS) is 10.9. The molecule has 0 aliphatic carbocycles. The Morgan fingerprint density at radius 3 is 2.62 bits per heavy atom. The highest BCUT2D eigenvalue weighted by Crippen LogP contribution is 2.27. The number of benzene rings is 2. The van der Waals surface area contributed by atoms with E-state index >= 15 is 0 Å². The molecule has 0 bridgehead atoms. The Balaban J connectivity index is 2.49. The molecule has 0 radical (unpaired) electrons. The van der Waals surface area contributed by atoms with Crippen LogP contribution in [0.5, 0.6) is 0 Å². The molecule has 0 aromatic heterocycles. The van der Waals surface area contributed by atoms with Crippen LogP contribution < -0.4 is 10.5 Å². The van der Waals surface area contributed by atoms with Crippen LogP contribution in [0.15, 0.2) is 41.3 Å². The first-order chi connectivity index (χ1) is 9.83. The lowest BCUT2D eigenvalue weighted by Gasteiger charge is -2.11. The summed E-state index contributed by atoms with van der Waals surface area (Å²) in [5.41, 5.74) is 6.97. The number of nitrogen functional groups attached to an aromatic ring is 1. The monoisotopic (exact) mass is 321 g/mol. The van der Waals surface area contributed by atoms with Gasteiger partial charge in [-0.1, -0.05) is 17.7 Å². The van der Waals surface area contributed by atoms with Crippen LogP contribution in [-0.2, 0) is 10.0 Å². The lowest BCUT2D eigenvalue weighted by Crippen LogP contribution is -2.15. The molecule has 0 fully saturated rings. The SMILES string of the molecule is Cc1ccc(Cl)c(NS(=O)(=O)c2ccc(N)cc2C#N)c1. The summed E-state index contributed by atoms with van der Waals surface area (Å²) in [6.07, 6.45) is 0. The van der Waals surface area contributed by atoms with E-state index in [0.29, 0.717) is 5.69 Å². The molecule has 0 heterocycles. The highest BCUT2D eigenvalue weighted by molar-refractivity contribution is 7.92. The van der Waals surface area contributed by atoms with Crippen molar-refractivity contribution in [1.82, 2.24) is 0 Å². The minimum atomic E-state index is -3.92. The molecule has 0 aliphatic heterocycles. The molecule has 3 N–H and O–H groups in total. The topological polar surface area (TPSA) is 96.0 Å². The van der Waals surface area contributed by atoms with E-state index in [1.54, 1.807) is 18.2 Å². The number of halogens is 1. The highest BCUT2D eigenvalue weighted by atomic mass is 35.5. The lowest BCUT2D eigenvalue weighted by molar-refractivity contribution is 0.601. The Bertz CT molecular complexity index is 842. The molecule has 108 valence electrons. The fraction of sp³-hybridized carbons (Fsp3) is 0.0714. The average Bonchev–Trinajstić information content (AvgIpc) is 2.42. The Morgan fingerprint density at radius 2 is 1.95 bits per heavy atom. The molecular weight excluding hydrogens is 310 g/mol. The van der Waals surface area contributed by atoms with Gasteiger partial charge in [-0.2, -0.15) is 5.26 Å². The van der Waals surface area contributed by atoms with Gasteiger partial charge in [0.25, 0.3) is 10.0 Å². The third kappa shape index (κ3) is 3.27. The van der Waals surface area contributed by atoms with Gasteiger partial charge in [-0.3, -0.25) is 4.72 Å². The number of nitrogens with two attached hydrogens (primary N) is 1. The molecule has 0 saturated heterocycles. The fourth-order valence-electron chi connectivity index (χ4n) is 1.79. The molecule has 2 aromatic carbocycles. The van der Waals surface area contributed by atoms with Crippen LogP contribution in [0, 0.1) is 18.3 Å². The van der Waals surface area contributed by atoms with Crippen LogP contribution in [0.1, 0.15) is 11.1 Å². The highest BCUT2D eigenvalue weighted by Gasteiger charge is 2.20. The number of rotatable bonds is 3. The van der Waals surface area contributed by atoms with Gasteiger partial charge in [0, 0.05) is 5.69 Å². The summed E-state index contributed by atoms with van der Waals surface area (Å²) in [4.78, 5) is -0.142. The molecule has 5 nitrogen and oxygen atoms in total. The van der Waals surface area contributed by atoms with Crippen molar-refractivity contribution in [2.75, 3.05) is 10.5 Å². The van der Waals surface area contributed by atoms with Crippen molar-refractivity contribution in [1.29, 1.82) is 5.26 Å². The van der Waals surface area contributed by atoms with E-state index < -0.39 is 10.0 Å². The van der Waals surface area contributed by atoms with Crippen molar-refractivity contribution >= 4 is 33.0 Å². The van der Waals surface area contributed by atoms with Crippen molar-refractivity contribution in [3.8, 4) is 6.07 Å². The Kier molecular flexibility index (Phi) is 4.07. The first-order valence-electron chi connectivity index (χ1n) is 5.92. The summed E-state index contributed by atoms with van der Waals surface area (Å²) in [5, 5.41) is 9.32. The number of anilines is 2. The van der Waals surface area contributed by atoms with Crippen LogP contribution in [-0.4, -0.2) is 8.42 Å². The first kappa shape index (κ1) is 15.2. The van der Waals surface area contributed by atoms with E-state index in [0.717, 1.165) is 5.56 Å². The maximum atomic E-state index is 12.4. The molecule has 7 heteroatoms. The maximum Gasteiger partial charge on any atom is 0.263 e. The number of aryl methyl sites for hydroxylation is 1. The molecule has 0 saturated carbocycles. The van der Waals surface area contributed by atoms with E-state index in [4.69, 9.17) is 22.6 Å². The van der Waals surface area contributed by atoms with Gasteiger partial charge in [-0.25, -0.2) is 8.42 Å². The summed E-state index contributed by atoms with van der Waals surface area (Å²) < 4.78 is 27.2. The molecule has 0 spiro atoms. The van der Waals surface area contributed by atoms with Crippen molar-refractivity contribution in [3.63, 3.8) is 0 Å². The van der Waals surface area contributed by atoms with Gasteiger partial charge in [0.2, 0.25) is 0 Å². The van der Waals surface area contributed by atoms with Gasteiger partial charge in [0.1, 0.15) is 11.0 Å². The van der Waals surface area contributed by atoms with Gasteiger partial charge >= 0.3 is 0 Å². The van der Waals surface area contributed by atoms with Crippen molar-refractivity contribution in [3.05, 3.63) is 52.5 Å². The van der Waals surface area contributed by atoms with Crippen molar-refractivity contribution in [2.24, 2.45) is 0 Å². The summed E-state index contributed by atoms with van der Waals surface area (Å²) in [6.45, 7) is 1.82. The van der Waals surface area contributed by atoms with Crippen LogP contribution in [0.3, 0.4) is 0 Å². The molecule has 0 unspecified atom stereocenters. The number of hydrogen-bond donors (Lipinski definition) is 2. The van der Waals surface area contributed by atoms with Crippen molar-refractivity contribution < 1.29 is 8.42 Å². The molecule has 0 atom stereocenters. The van der Waals surface area contributed by atoms with Crippen LogP contribution in [0.4, 0.5) is 11.4 Å². The van der Waals surface area contributed by atoms with Crippen LogP contribution >= 0.6 is 11.6 Å². The molecule has 2 aromatic rings. The van der Waals surface area contributed by atoms with E-state index in [2.05, 4.69) is 4.72 Å². The smallest absolute Gasteiger partial charge is 0.263 e. The van der Waals surface area contributed by atoms with Gasteiger partial charge in [-0.15, -0.1) is 0 Å². The second-order valence-electron chi connectivity index (χ2n) is 4.46. The van der Waals surface area contributed by atoms with Gasteiger partial charge in [0.15, 0.2) is 0 Å². The molecule has 2 rings (SSSR count). The molecular formula is C14H12ClN3O2S. The third-order valence-corrected chi connectivity index (χ3v) is 4.53. The predicted octanol–water partition coefficient (Wildman–Crippen LogP) is 2.90. The molecule has 0 amide bonds. The maximum absolute atomic E-state index is 12.4. The minimum Gasteiger partial charge on any atom is -0.399 e. The van der Waals surface area contributed by atoms with E-state index in [-0.39, 0.29) is 21.2 Å². The number of sulfonamides is 1. The lowest BCUT2D eigenvalue weighted by atomic mass is 10.2. The summed E-state index contributed by atoms with van der Waals surface area (Å²) in [5.74, 6) is 0. The average molecular weight is 322 g/mol. The molecule has 0 aliphatic rings. The van der Waals surface area contributed by atoms with Crippen molar-refractivity contribution in [2.45, 2.75) is 11.8 Å². The van der Waals surface area contributed by atoms with E-state index in [9.17, 15) is 8.42 Å². The molecule has 21 heavy (non-hydrogen) atoms. The zero-order valence-corrected chi connectivity index (χ0v) is 12.7. The van der Waals surface area contributed by atoms with E-state index in [1.807, 2.05) is 13.0 Å². The second-order valence-corrected chi connectivity index (χ2v) is 6.51. The number of nitrogens with zero attached hydrogens (tertiary/aromatic N) is 1. The van der Waals surface area contributed by atoms with Gasteiger partial charge in [-0.05, 0) is 42.8 Å². The number of nitriles is 1. The van der Waals surface area contributed by atoms with Gasteiger partial charge in [0.05, 0.1) is 16.3 Å². The Labute approximate surface area is 128 Å². The largest absolute Gasteiger partial charge is 0.399 e. The zero-order valence-electron chi connectivity index (χ0n) is 11.1. The van der Waals surface area contributed by atoms with Crippen LogP contribution in [0.2, 0.25) is 5.02 Å². The first-order valence-corrected chi connectivity index (χ1v) is 7.78. The third-order valence-electron chi connectivity index (χ3n) is 2.78. The second kappa shape index (κ2) is 5.64. The number of nitrogens with one attached hydrogen (secondary N) is 1.